The fourth-order valence-corrected chi connectivity index (χ4v) is 5.58. The van der Waals surface area contributed by atoms with E-state index in [1.165, 1.54) is 38.5 Å². The van der Waals surface area contributed by atoms with Crippen molar-refractivity contribution < 1.29 is 4.63 Å². The van der Waals surface area contributed by atoms with Gasteiger partial charge in [0.25, 0.3) is 0 Å². The molecule has 4 fully saturated rings. The molecular weight excluding hydrogens is 250 g/mol. The summed E-state index contributed by atoms with van der Waals surface area (Å²) in [5.41, 5.74) is 2.43. The Kier molecular flexibility index (Phi) is 2.92. The molecule has 1 heterocycles. The summed E-state index contributed by atoms with van der Waals surface area (Å²) in [6.07, 6.45) is 8.88. The zero-order valence-electron chi connectivity index (χ0n) is 12.6. The fraction of sp³-hybridized carbons (Fsp3) is 0.875. The van der Waals surface area contributed by atoms with Crippen LogP contribution in [0.3, 0.4) is 0 Å². The largest absolute Gasteiger partial charge is 0.308 e. The van der Waals surface area contributed by atoms with Crippen molar-refractivity contribution in [1.29, 1.82) is 0 Å². The van der Waals surface area contributed by atoms with Crippen LogP contribution < -0.4 is 5.32 Å². The normalized spacial score (nSPS) is 40.2. The summed E-state index contributed by atoms with van der Waals surface area (Å²) in [5, 5.41) is 11.6. The van der Waals surface area contributed by atoms with Gasteiger partial charge >= 0.3 is 0 Å². The zero-order chi connectivity index (χ0) is 13.7. The predicted octanol–water partition coefficient (Wildman–Crippen LogP) is 3.07. The quantitative estimate of drug-likeness (QED) is 0.917. The molecule has 0 saturated heterocycles. The number of nitrogens with one attached hydrogen (secondary N) is 1. The Balaban J connectivity index is 1.45. The summed E-state index contributed by atoms with van der Waals surface area (Å²) in [7, 11) is 0. The van der Waals surface area contributed by atoms with E-state index in [0.29, 0.717) is 11.5 Å². The summed E-state index contributed by atoms with van der Waals surface area (Å²) in [5.74, 6) is 3.04. The second-order valence-electron chi connectivity index (χ2n) is 7.68. The van der Waals surface area contributed by atoms with Gasteiger partial charge < -0.3 is 5.32 Å². The van der Waals surface area contributed by atoms with Crippen LogP contribution in [0.15, 0.2) is 4.63 Å². The van der Waals surface area contributed by atoms with Crippen molar-refractivity contribution in [3.63, 3.8) is 0 Å². The predicted molar refractivity (Wildman–Crippen MR) is 75.9 cm³/mol. The number of hydrogen-bond acceptors (Lipinski definition) is 4. The first-order valence-electron chi connectivity index (χ1n) is 8.16. The van der Waals surface area contributed by atoms with Crippen molar-refractivity contribution in [2.24, 2.45) is 23.2 Å². The van der Waals surface area contributed by atoms with Gasteiger partial charge in [-0.1, -0.05) is 10.3 Å². The average Bonchev–Trinajstić information content (AvgIpc) is 2.80. The smallest absolute Gasteiger partial charge is 0.121 e. The third kappa shape index (κ3) is 2.00. The number of rotatable bonds is 4. The average molecular weight is 275 g/mol. The third-order valence-corrected chi connectivity index (χ3v) is 6.33. The van der Waals surface area contributed by atoms with Gasteiger partial charge in [-0.3, -0.25) is 0 Å². The number of hydrogen-bond donors (Lipinski definition) is 1. The molecule has 1 aromatic rings. The molecule has 5 rings (SSSR count). The summed E-state index contributed by atoms with van der Waals surface area (Å²) < 4.78 is 4.79. The van der Waals surface area contributed by atoms with Crippen molar-refractivity contribution in [3.8, 4) is 0 Å². The standard InChI is InChI=1S/C16H25N3O/c1-10-15(19-20-18-10)9-17-11(2)16-6-12-3-13(7-16)5-14(4-12)8-16/h11-14,17H,3-9H2,1-2H3. The fourth-order valence-electron chi connectivity index (χ4n) is 5.58. The van der Waals surface area contributed by atoms with E-state index in [1.54, 1.807) is 0 Å². The highest BCUT2D eigenvalue weighted by Crippen LogP contribution is 2.61. The molecule has 1 unspecified atom stereocenters. The highest BCUT2D eigenvalue weighted by atomic mass is 16.6. The van der Waals surface area contributed by atoms with E-state index in [9.17, 15) is 0 Å². The van der Waals surface area contributed by atoms with Crippen LogP contribution >= 0.6 is 0 Å². The van der Waals surface area contributed by atoms with E-state index in [0.717, 1.165) is 35.7 Å². The minimum absolute atomic E-state index is 0.555. The lowest BCUT2D eigenvalue weighted by molar-refractivity contribution is -0.0707. The van der Waals surface area contributed by atoms with Gasteiger partial charge in [-0.15, -0.1) is 0 Å². The molecule has 4 heteroatoms. The topological polar surface area (TPSA) is 51.0 Å². The molecule has 4 saturated carbocycles. The lowest BCUT2D eigenvalue weighted by Gasteiger charge is -2.59. The van der Waals surface area contributed by atoms with Crippen molar-refractivity contribution in [2.75, 3.05) is 0 Å². The van der Waals surface area contributed by atoms with E-state index in [-0.39, 0.29) is 0 Å². The number of aromatic nitrogens is 2. The molecule has 1 N–H and O–H groups in total. The van der Waals surface area contributed by atoms with Crippen LogP contribution in [0.25, 0.3) is 0 Å². The van der Waals surface area contributed by atoms with Gasteiger partial charge in [0.1, 0.15) is 11.4 Å². The Morgan fingerprint density at radius 3 is 2.25 bits per heavy atom. The van der Waals surface area contributed by atoms with E-state index >= 15 is 0 Å². The van der Waals surface area contributed by atoms with Gasteiger partial charge in [0.2, 0.25) is 0 Å². The van der Waals surface area contributed by atoms with Crippen molar-refractivity contribution in [2.45, 2.75) is 65.0 Å². The SMILES string of the molecule is Cc1nonc1CNC(C)C12CC3CC(CC(C3)C1)C2. The Morgan fingerprint density at radius 1 is 1.15 bits per heavy atom. The van der Waals surface area contributed by atoms with E-state index in [2.05, 4.69) is 22.6 Å². The van der Waals surface area contributed by atoms with Crippen molar-refractivity contribution >= 4 is 0 Å². The van der Waals surface area contributed by atoms with Crippen LogP contribution in [-0.2, 0) is 6.54 Å². The maximum Gasteiger partial charge on any atom is 0.121 e. The van der Waals surface area contributed by atoms with Gasteiger partial charge in [-0.05, 0) is 75.5 Å². The van der Waals surface area contributed by atoms with E-state index in [4.69, 9.17) is 4.63 Å². The molecule has 110 valence electrons. The van der Waals surface area contributed by atoms with Crippen molar-refractivity contribution in [3.05, 3.63) is 11.4 Å². The maximum atomic E-state index is 4.79. The number of nitrogens with zero attached hydrogens (tertiary/aromatic N) is 2. The lowest BCUT2D eigenvalue weighted by Crippen LogP contribution is -2.54. The molecule has 0 aliphatic heterocycles. The molecule has 1 atom stereocenters. The zero-order valence-corrected chi connectivity index (χ0v) is 12.6. The molecule has 0 spiro atoms. The second kappa shape index (κ2) is 4.55. The molecule has 0 aromatic carbocycles. The molecule has 0 radical (unpaired) electrons. The molecule has 4 aliphatic carbocycles. The summed E-state index contributed by atoms with van der Waals surface area (Å²) in [4.78, 5) is 0. The Hall–Kier alpha value is -0.900. The van der Waals surface area contributed by atoms with Crippen LogP contribution in [0.2, 0.25) is 0 Å². The molecular formula is C16H25N3O. The van der Waals surface area contributed by atoms with E-state index < -0.39 is 0 Å². The lowest BCUT2D eigenvalue weighted by atomic mass is 9.48. The molecule has 4 nitrogen and oxygen atoms in total. The minimum atomic E-state index is 0.555. The van der Waals surface area contributed by atoms with Gasteiger partial charge in [0.15, 0.2) is 0 Å². The Labute approximate surface area is 120 Å². The van der Waals surface area contributed by atoms with Crippen LogP contribution in [-0.4, -0.2) is 16.4 Å². The summed E-state index contributed by atoms with van der Waals surface area (Å²) in [6, 6.07) is 0.576. The van der Waals surface area contributed by atoms with Crippen molar-refractivity contribution in [1.82, 2.24) is 15.6 Å². The van der Waals surface area contributed by atoms with E-state index in [1.807, 2.05) is 6.92 Å². The first kappa shape index (κ1) is 12.8. The second-order valence-corrected chi connectivity index (χ2v) is 7.68. The first-order chi connectivity index (χ1) is 9.64. The Bertz CT molecular complexity index is 460. The van der Waals surface area contributed by atoms with Crippen LogP contribution in [0.4, 0.5) is 0 Å². The molecule has 20 heavy (non-hydrogen) atoms. The van der Waals surface area contributed by atoms with Crippen LogP contribution in [0.5, 0.6) is 0 Å². The van der Waals surface area contributed by atoms with Gasteiger partial charge in [-0.25, -0.2) is 4.63 Å². The Morgan fingerprint density at radius 2 is 1.75 bits per heavy atom. The highest BCUT2D eigenvalue weighted by molar-refractivity contribution is 5.07. The summed E-state index contributed by atoms with van der Waals surface area (Å²) in [6.45, 7) is 5.14. The van der Waals surface area contributed by atoms with Gasteiger partial charge in [0, 0.05) is 12.6 Å². The number of aryl methyl sites for hydroxylation is 1. The van der Waals surface area contributed by atoms with Crippen LogP contribution in [0, 0.1) is 30.1 Å². The third-order valence-electron chi connectivity index (χ3n) is 6.33. The van der Waals surface area contributed by atoms with Gasteiger partial charge in [0.05, 0.1) is 0 Å². The first-order valence-corrected chi connectivity index (χ1v) is 8.16. The molecule has 1 aromatic heterocycles. The summed E-state index contributed by atoms with van der Waals surface area (Å²) >= 11 is 0. The maximum absolute atomic E-state index is 4.79. The molecule has 4 bridgehead atoms. The molecule has 0 amide bonds. The van der Waals surface area contributed by atoms with Gasteiger partial charge in [-0.2, -0.15) is 0 Å². The minimum Gasteiger partial charge on any atom is -0.308 e. The van der Waals surface area contributed by atoms with Crippen LogP contribution in [0.1, 0.15) is 56.8 Å². The molecule has 4 aliphatic rings. The highest BCUT2D eigenvalue weighted by Gasteiger charge is 2.52. The monoisotopic (exact) mass is 275 g/mol.